The van der Waals surface area contributed by atoms with Crippen molar-refractivity contribution in [3.05, 3.63) is 35.4 Å². The summed E-state index contributed by atoms with van der Waals surface area (Å²) in [6.45, 7) is 8.55. The Balaban J connectivity index is 1.93. The highest BCUT2D eigenvalue weighted by Crippen LogP contribution is 2.20. The van der Waals surface area contributed by atoms with Gasteiger partial charge in [-0.15, -0.1) is 0 Å². The first-order chi connectivity index (χ1) is 11.8. The van der Waals surface area contributed by atoms with Crippen molar-refractivity contribution >= 4 is 17.6 Å². The molecule has 1 N–H and O–H groups in total. The molecule has 0 aromatic heterocycles. The third kappa shape index (κ3) is 5.15. The summed E-state index contributed by atoms with van der Waals surface area (Å²) in [5.41, 5.74) is 1.37. The highest BCUT2D eigenvalue weighted by atomic mass is 16.2. The van der Waals surface area contributed by atoms with Crippen LogP contribution in [0.3, 0.4) is 0 Å². The summed E-state index contributed by atoms with van der Waals surface area (Å²) in [6.07, 6.45) is 1.79. The fraction of sp³-hybridized carbons (Fsp3) is 0.550. The number of nitrogens with zero attached hydrogens (tertiary/aromatic N) is 1. The van der Waals surface area contributed by atoms with Crippen molar-refractivity contribution in [3.8, 4) is 0 Å². The molecule has 5 nitrogen and oxygen atoms in total. The van der Waals surface area contributed by atoms with Crippen LogP contribution >= 0.6 is 0 Å². The summed E-state index contributed by atoms with van der Waals surface area (Å²) in [7, 11) is 0. The molecule has 0 radical (unpaired) electrons. The molecule has 5 heteroatoms. The molecule has 2 unspecified atom stereocenters. The Morgan fingerprint density at radius 1 is 1.32 bits per heavy atom. The van der Waals surface area contributed by atoms with Crippen LogP contribution in [0.5, 0.6) is 0 Å². The van der Waals surface area contributed by atoms with Crippen molar-refractivity contribution in [1.82, 2.24) is 10.2 Å². The number of likely N-dealkylation sites (tertiary alicyclic amines) is 1. The lowest BCUT2D eigenvalue weighted by Crippen LogP contribution is -2.42. The van der Waals surface area contributed by atoms with Gasteiger partial charge in [0.15, 0.2) is 5.78 Å². The highest BCUT2D eigenvalue weighted by Gasteiger charge is 2.37. The Morgan fingerprint density at radius 2 is 2.04 bits per heavy atom. The molecular weight excluding hydrogens is 316 g/mol. The lowest BCUT2D eigenvalue weighted by Gasteiger charge is -2.22. The summed E-state index contributed by atoms with van der Waals surface area (Å²) in [5.74, 6) is 0.348. The van der Waals surface area contributed by atoms with Crippen LogP contribution in [0.1, 0.15) is 56.5 Å². The number of carbonyl (C=O) groups excluding carboxylic acids is 3. The van der Waals surface area contributed by atoms with Gasteiger partial charge in [-0.2, -0.15) is 0 Å². The molecular formula is C20H28N2O3. The van der Waals surface area contributed by atoms with E-state index in [0.717, 1.165) is 18.5 Å². The second-order valence-electron chi connectivity index (χ2n) is 7.35. The number of ketones is 1. The van der Waals surface area contributed by atoms with Crippen molar-refractivity contribution < 1.29 is 14.4 Å². The van der Waals surface area contributed by atoms with Crippen LogP contribution < -0.4 is 5.32 Å². The van der Waals surface area contributed by atoms with Gasteiger partial charge in [0.1, 0.15) is 6.04 Å². The van der Waals surface area contributed by atoms with Gasteiger partial charge in [0, 0.05) is 18.2 Å². The van der Waals surface area contributed by atoms with Crippen LogP contribution in [0.15, 0.2) is 24.3 Å². The van der Waals surface area contributed by atoms with Gasteiger partial charge < -0.3 is 10.2 Å². The predicted octanol–water partition coefficient (Wildman–Crippen LogP) is 2.58. The second-order valence-corrected chi connectivity index (χ2v) is 7.35. The van der Waals surface area contributed by atoms with Gasteiger partial charge in [-0.1, -0.05) is 32.0 Å². The van der Waals surface area contributed by atoms with Gasteiger partial charge in [-0.05, 0) is 44.2 Å². The van der Waals surface area contributed by atoms with Crippen LogP contribution in [0, 0.1) is 5.92 Å². The largest absolute Gasteiger partial charge is 0.344 e. The van der Waals surface area contributed by atoms with Crippen LogP contribution in [0.2, 0.25) is 0 Å². The Hall–Kier alpha value is -2.17. The van der Waals surface area contributed by atoms with Crippen molar-refractivity contribution in [2.45, 2.75) is 59.0 Å². The molecule has 25 heavy (non-hydrogen) atoms. The molecule has 2 amide bonds. The average Bonchev–Trinajstić information content (AvgIpc) is 2.79. The van der Waals surface area contributed by atoms with Crippen LogP contribution in [0.25, 0.3) is 0 Å². The van der Waals surface area contributed by atoms with E-state index in [1.807, 2.05) is 17.9 Å². The lowest BCUT2D eigenvalue weighted by molar-refractivity contribution is -0.133. The number of Topliss-reactive ketones (excluding diaryl/α,β-unsaturated/α-hetero) is 1. The van der Waals surface area contributed by atoms with Crippen LogP contribution in [0.4, 0.5) is 0 Å². The summed E-state index contributed by atoms with van der Waals surface area (Å²) in [4.78, 5) is 38.1. The Bertz CT molecular complexity index is 654. The molecule has 2 rings (SSSR count). The van der Waals surface area contributed by atoms with Crippen molar-refractivity contribution in [1.29, 1.82) is 0 Å². The fourth-order valence-electron chi connectivity index (χ4n) is 3.17. The second kappa shape index (κ2) is 8.28. The van der Waals surface area contributed by atoms with E-state index in [9.17, 15) is 14.4 Å². The minimum Gasteiger partial charge on any atom is -0.344 e. The number of nitrogens with one attached hydrogen (secondary N) is 1. The van der Waals surface area contributed by atoms with Crippen LogP contribution in [-0.2, 0) is 16.0 Å². The molecule has 0 spiro atoms. The first-order valence-electron chi connectivity index (χ1n) is 8.97. The number of benzene rings is 1. The smallest absolute Gasteiger partial charge is 0.245 e. The van der Waals surface area contributed by atoms with Gasteiger partial charge in [-0.3, -0.25) is 14.4 Å². The van der Waals surface area contributed by atoms with E-state index in [1.54, 1.807) is 18.2 Å². The lowest BCUT2D eigenvalue weighted by atomic mass is 10.1. The molecule has 1 aliphatic heterocycles. The molecule has 1 aromatic carbocycles. The Kier molecular flexibility index (Phi) is 6.34. The Morgan fingerprint density at radius 3 is 2.68 bits per heavy atom. The molecule has 1 fully saturated rings. The Labute approximate surface area is 149 Å². The highest BCUT2D eigenvalue weighted by molar-refractivity contribution is 5.94. The maximum absolute atomic E-state index is 12.5. The van der Waals surface area contributed by atoms with E-state index in [2.05, 4.69) is 19.2 Å². The number of hydrogen-bond acceptors (Lipinski definition) is 3. The van der Waals surface area contributed by atoms with E-state index in [0.29, 0.717) is 17.9 Å². The van der Waals surface area contributed by atoms with Crippen molar-refractivity contribution in [3.63, 3.8) is 0 Å². The normalized spacial score (nSPS) is 20.2. The fourth-order valence-corrected chi connectivity index (χ4v) is 3.17. The minimum atomic E-state index is -0.439. The maximum atomic E-state index is 12.5. The van der Waals surface area contributed by atoms with E-state index in [1.165, 1.54) is 6.92 Å². The van der Waals surface area contributed by atoms with Crippen molar-refractivity contribution in [2.75, 3.05) is 6.54 Å². The molecule has 136 valence electrons. The third-order valence-electron chi connectivity index (χ3n) is 4.67. The van der Waals surface area contributed by atoms with E-state index in [-0.39, 0.29) is 30.1 Å². The van der Waals surface area contributed by atoms with E-state index >= 15 is 0 Å². The average molecular weight is 344 g/mol. The summed E-state index contributed by atoms with van der Waals surface area (Å²) in [5, 5.41) is 2.86. The van der Waals surface area contributed by atoms with Gasteiger partial charge in [0.05, 0.1) is 6.42 Å². The molecule has 1 heterocycles. The first kappa shape index (κ1) is 19.2. The predicted molar refractivity (Wildman–Crippen MR) is 97.3 cm³/mol. The third-order valence-corrected chi connectivity index (χ3v) is 4.67. The molecule has 2 atom stereocenters. The zero-order valence-electron chi connectivity index (χ0n) is 15.5. The van der Waals surface area contributed by atoms with E-state index in [4.69, 9.17) is 0 Å². The van der Waals surface area contributed by atoms with Gasteiger partial charge >= 0.3 is 0 Å². The zero-order chi connectivity index (χ0) is 18.6. The number of rotatable bonds is 7. The maximum Gasteiger partial charge on any atom is 0.245 e. The molecule has 1 saturated heterocycles. The summed E-state index contributed by atoms with van der Waals surface area (Å²) < 4.78 is 0. The van der Waals surface area contributed by atoms with Crippen LogP contribution in [-0.4, -0.2) is 41.1 Å². The van der Waals surface area contributed by atoms with Crippen molar-refractivity contribution in [2.24, 2.45) is 5.92 Å². The first-order valence-corrected chi connectivity index (χ1v) is 8.97. The molecule has 0 aliphatic carbocycles. The monoisotopic (exact) mass is 344 g/mol. The minimum absolute atomic E-state index is 0.0130. The summed E-state index contributed by atoms with van der Waals surface area (Å²) >= 11 is 0. The zero-order valence-corrected chi connectivity index (χ0v) is 15.5. The summed E-state index contributed by atoms with van der Waals surface area (Å²) in [6, 6.07) is 6.77. The quantitative estimate of drug-likeness (QED) is 0.773. The molecule has 0 saturated carbocycles. The number of amides is 2. The topological polar surface area (TPSA) is 66.5 Å². The van der Waals surface area contributed by atoms with E-state index < -0.39 is 6.04 Å². The molecule has 0 bridgehead atoms. The van der Waals surface area contributed by atoms with Gasteiger partial charge in [-0.25, -0.2) is 0 Å². The molecule has 1 aliphatic rings. The number of carbonyl (C=O) groups is 3. The number of hydrogen-bond donors (Lipinski definition) is 1. The SMILES string of the molecule is CC(=O)c1cccc(CC(=O)NC2CC(C)N(CCC(C)C)C2=O)c1. The van der Waals surface area contributed by atoms with Gasteiger partial charge in [0.25, 0.3) is 0 Å². The van der Waals surface area contributed by atoms with Gasteiger partial charge in [0.2, 0.25) is 11.8 Å². The standard InChI is InChI=1S/C20H28N2O3/c1-13(2)8-9-22-14(3)10-18(20(22)25)21-19(24)12-16-6-5-7-17(11-16)15(4)23/h5-7,11,13-14,18H,8-10,12H2,1-4H3,(H,21,24). The molecule has 1 aromatic rings.